The van der Waals surface area contributed by atoms with E-state index in [0.29, 0.717) is 0 Å². The molecular formula is C15H12Br2. The maximum absolute atomic E-state index is 3.80. The van der Waals surface area contributed by atoms with E-state index in [1.807, 2.05) is 0 Å². The van der Waals surface area contributed by atoms with E-state index in [1.165, 1.54) is 22.3 Å². The third-order valence-electron chi connectivity index (χ3n) is 3.22. The number of halogens is 2. The fourth-order valence-electron chi connectivity index (χ4n) is 2.49. The lowest BCUT2D eigenvalue weighted by Crippen LogP contribution is -2.17. The smallest absolute Gasteiger partial charge is 0.0720 e. The average Bonchev–Trinajstić information content (AvgIpc) is 2.40. The number of fused-ring (bicyclic) bond motifs is 3. The van der Waals surface area contributed by atoms with Crippen molar-refractivity contribution >= 4 is 31.9 Å². The Bertz CT molecular complexity index is 509. The van der Waals surface area contributed by atoms with E-state index in [9.17, 15) is 0 Å². The molecule has 0 spiro atoms. The summed E-state index contributed by atoms with van der Waals surface area (Å²) >= 11 is 7.60. The van der Waals surface area contributed by atoms with Crippen molar-refractivity contribution < 1.29 is 0 Å². The summed E-state index contributed by atoms with van der Waals surface area (Å²) in [5, 5.41) is 0. The Labute approximate surface area is 118 Å². The molecule has 0 heterocycles. The van der Waals surface area contributed by atoms with Crippen LogP contribution in [0.25, 0.3) is 11.1 Å². The number of alkyl halides is 2. The molecule has 0 aromatic heterocycles. The van der Waals surface area contributed by atoms with Crippen molar-refractivity contribution in [3.63, 3.8) is 0 Å². The fraction of sp³-hybridized carbons (Fsp3) is 0.200. The van der Waals surface area contributed by atoms with Crippen molar-refractivity contribution in [1.29, 1.82) is 0 Å². The Morgan fingerprint density at radius 3 is 1.59 bits per heavy atom. The quantitative estimate of drug-likeness (QED) is 0.590. The summed E-state index contributed by atoms with van der Waals surface area (Å²) in [6.07, 6.45) is 2.00. The van der Waals surface area contributed by atoms with E-state index >= 15 is 0 Å². The molecule has 17 heavy (non-hydrogen) atoms. The van der Waals surface area contributed by atoms with Gasteiger partial charge < -0.3 is 0 Å². The van der Waals surface area contributed by atoms with Crippen LogP contribution in [0.2, 0.25) is 0 Å². The summed E-state index contributed by atoms with van der Waals surface area (Å²) in [5.74, 6) is 0. The molecule has 1 aliphatic carbocycles. The minimum atomic E-state index is -0.0251. The normalized spacial score (nSPS) is 16.8. The Kier molecular flexibility index (Phi) is 2.87. The highest BCUT2D eigenvalue weighted by Crippen LogP contribution is 2.42. The van der Waals surface area contributed by atoms with Gasteiger partial charge in [-0.3, -0.25) is 0 Å². The summed E-state index contributed by atoms with van der Waals surface area (Å²) in [6.45, 7) is 0. The van der Waals surface area contributed by atoms with Crippen LogP contribution in [-0.4, -0.2) is 3.23 Å². The second-order valence-corrected chi connectivity index (χ2v) is 8.62. The first-order chi connectivity index (χ1) is 8.16. The minimum absolute atomic E-state index is 0.0251. The number of hydrogen-bond acceptors (Lipinski definition) is 0. The zero-order valence-electron chi connectivity index (χ0n) is 9.29. The monoisotopic (exact) mass is 350 g/mol. The van der Waals surface area contributed by atoms with Crippen LogP contribution in [0.1, 0.15) is 11.1 Å². The second kappa shape index (κ2) is 4.25. The summed E-state index contributed by atoms with van der Waals surface area (Å²) in [7, 11) is 0. The lowest BCUT2D eigenvalue weighted by molar-refractivity contribution is 0.828. The van der Waals surface area contributed by atoms with E-state index in [4.69, 9.17) is 0 Å². The van der Waals surface area contributed by atoms with Gasteiger partial charge in [0.1, 0.15) is 0 Å². The summed E-state index contributed by atoms with van der Waals surface area (Å²) in [6, 6.07) is 17.3. The maximum atomic E-state index is 3.80. The third kappa shape index (κ3) is 2.21. The van der Waals surface area contributed by atoms with E-state index < -0.39 is 0 Å². The zero-order chi connectivity index (χ0) is 11.9. The fourth-order valence-corrected chi connectivity index (χ4v) is 3.70. The Balaban J connectivity index is 2.28. The molecule has 0 nitrogen and oxygen atoms in total. The van der Waals surface area contributed by atoms with Crippen molar-refractivity contribution in [3.05, 3.63) is 59.7 Å². The molecule has 0 amide bonds. The number of hydrogen-bond donors (Lipinski definition) is 0. The van der Waals surface area contributed by atoms with Crippen LogP contribution in [0.5, 0.6) is 0 Å². The van der Waals surface area contributed by atoms with E-state index in [1.54, 1.807) is 0 Å². The van der Waals surface area contributed by atoms with Crippen LogP contribution in [0.15, 0.2) is 48.5 Å². The Hall–Kier alpha value is -0.600. The van der Waals surface area contributed by atoms with E-state index in [0.717, 1.165) is 12.8 Å². The molecule has 3 rings (SSSR count). The lowest BCUT2D eigenvalue weighted by Gasteiger charge is -2.18. The van der Waals surface area contributed by atoms with Crippen molar-refractivity contribution in [2.45, 2.75) is 16.1 Å². The van der Waals surface area contributed by atoms with Gasteiger partial charge in [0.15, 0.2) is 0 Å². The number of rotatable bonds is 0. The first kappa shape index (κ1) is 11.5. The second-order valence-electron chi connectivity index (χ2n) is 4.52. The first-order valence-electron chi connectivity index (χ1n) is 5.70. The Morgan fingerprint density at radius 1 is 0.706 bits per heavy atom. The molecule has 2 heteroatoms. The molecule has 2 aromatic carbocycles. The molecule has 0 bridgehead atoms. The van der Waals surface area contributed by atoms with Gasteiger partial charge in [0.25, 0.3) is 0 Å². The average molecular weight is 352 g/mol. The van der Waals surface area contributed by atoms with Gasteiger partial charge in [0, 0.05) is 0 Å². The van der Waals surface area contributed by atoms with Crippen LogP contribution in [0.4, 0.5) is 0 Å². The van der Waals surface area contributed by atoms with Gasteiger partial charge in [-0.1, -0.05) is 80.4 Å². The van der Waals surface area contributed by atoms with Gasteiger partial charge in [-0.15, -0.1) is 0 Å². The third-order valence-corrected chi connectivity index (χ3v) is 4.34. The number of benzene rings is 2. The van der Waals surface area contributed by atoms with Crippen molar-refractivity contribution in [3.8, 4) is 11.1 Å². The first-order valence-corrected chi connectivity index (χ1v) is 7.28. The minimum Gasteiger partial charge on any atom is -0.0720 e. The molecular weight excluding hydrogens is 340 g/mol. The van der Waals surface area contributed by atoms with Crippen LogP contribution in [0.3, 0.4) is 0 Å². The molecule has 2 aromatic rings. The maximum Gasteiger partial charge on any atom is 0.0886 e. The molecule has 0 saturated heterocycles. The van der Waals surface area contributed by atoms with Gasteiger partial charge >= 0.3 is 0 Å². The molecule has 0 saturated carbocycles. The summed E-state index contributed by atoms with van der Waals surface area (Å²) in [5.41, 5.74) is 5.52. The molecule has 0 aliphatic heterocycles. The van der Waals surface area contributed by atoms with Crippen molar-refractivity contribution in [1.82, 2.24) is 0 Å². The van der Waals surface area contributed by atoms with Crippen molar-refractivity contribution in [2.24, 2.45) is 0 Å². The van der Waals surface area contributed by atoms with Crippen LogP contribution in [0, 0.1) is 0 Å². The van der Waals surface area contributed by atoms with Gasteiger partial charge in [-0.25, -0.2) is 0 Å². The molecule has 0 N–H and O–H groups in total. The summed E-state index contributed by atoms with van der Waals surface area (Å²) < 4.78 is -0.0251. The molecule has 0 unspecified atom stereocenters. The van der Waals surface area contributed by atoms with E-state index in [-0.39, 0.29) is 3.23 Å². The molecule has 0 radical (unpaired) electrons. The van der Waals surface area contributed by atoms with Crippen LogP contribution in [-0.2, 0) is 12.8 Å². The van der Waals surface area contributed by atoms with E-state index in [2.05, 4.69) is 80.4 Å². The highest BCUT2D eigenvalue weighted by molar-refractivity contribution is 9.25. The molecule has 0 fully saturated rings. The predicted octanol–water partition coefficient (Wildman–Crippen LogP) is 4.94. The topological polar surface area (TPSA) is 0 Å². The van der Waals surface area contributed by atoms with Gasteiger partial charge in [0.2, 0.25) is 0 Å². The SMILES string of the molecule is BrC1(Br)Cc2ccccc2-c2ccccc2C1. The van der Waals surface area contributed by atoms with Crippen molar-refractivity contribution in [2.75, 3.05) is 0 Å². The van der Waals surface area contributed by atoms with Gasteiger partial charge in [-0.05, 0) is 35.1 Å². The largest absolute Gasteiger partial charge is 0.0886 e. The molecule has 1 aliphatic rings. The Morgan fingerprint density at radius 2 is 1.12 bits per heavy atom. The van der Waals surface area contributed by atoms with Gasteiger partial charge in [0.05, 0.1) is 3.23 Å². The van der Waals surface area contributed by atoms with Crippen LogP contribution >= 0.6 is 31.9 Å². The highest BCUT2D eigenvalue weighted by atomic mass is 79.9. The lowest BCUT2D eigenvalue weighted by atomic mass is 9.97. The molecule has 86 valence electrons. The molecule has 0 atom stereocenters. The van der Waals surface area contributed by atoms with Gasteiger partial charge in [-0.2, -0.15) is 0 Å². The standard InChI is InChI=1S/C15H12Br2/c16-15(17)9-11-5-1-3-7-13(11)14-8-4-2-6-12(14)10-15/h1-8H,9-10H2. The zero-order valence-corrected chi connectivity index (χ0v) is 12.5. The summed E-state index contributed by atoms with van der Waals surface area (Å²) in [4.78, 5) is 0. The highest BCUT2D eigenvalue weighted by Gasteiger charge is 2.29. The van der Waals surface area contributed by atoms with Crippen LogP contribution < -0.4 is 0 Å². The predicted molar refractivity (Wildman–Crippen MR) is 79.9 cm³/mol.